The van der Waals surface area contributed by atoms with E-state index in [0.29, 0.717) is 4.31 Å². The minimum atomic E-state index is -4.38. The summed E-state index contributed by atoms with van der Waals surface area (Å²) < 4.78 is 29.1. The fourth-order valence-corrected chi connectivity index (χ4v) is 1.54. The lowest BCUT2D eigenvalue weighted by molar-refractivity contribution is -0.531. The van der Waals surface area contributed by atoms with E-state index in [1.54, 1.807) is 0 Å². The maximum absolute atomic E-state index is 10.7. The van der Waals surface area contributed by atoms with Crippen molar-refractivity contribution in [3.8, 4) is 0 Å². The average Bonchev–Trinajstić information content (AvgIpc) is 1.58. The smallest absolute Gasteiger partial charge is 0.336 e. The minimum absolute atomic E-state index is 0.00116. The molecule has 0 aromatic carbocycles. The summed E-state index contributed by atoms with van der Waals surface area (Å²) in [7, 11) is -4.38. The zero-order chi connectivity index (χ0) is 7.99. The van der Waals surface area contributed by atoms with Crippen molar-refractivity contribution in [1.82, 2.24) is 4.31 Å². The van der Waals surface area contributed by atoms with Gasteiger partial charge < -0.3 is 10.8 Å². The van der Waals surface area contributed by atoms with Gasteiger partial charge in [0.15, 0.2) is 0 Å². The molecule has 0 saturated carbocycles. The van der Waals surface area contributed by atoms with Crippen LogP contribution in [-0.4, -0.2) is 29.7 Å². The standard InChI is InChI=1S/C3H7N2O4S/c4-3(6)1-2-5(3)10(7,8)9/h1-2,4H2,(H,7,8,9)/q-1/t3-/m1/s1. The molecular weight excluding hydrogens is 160 g/mol. The SMILES string of the molecule is N[C@]1([O-])CCN1S(=O)(=O)O. The normalized spacial score (nSPS) is 35.5. The first kappa shape index (κ1) is 7.89. The van der Waals surface area contributed by atoms with Gasteiger partial charge in [0.05, 0.1) is 0 Å². The summed E-state index contributed by atoms with van der Waals surface area (Å²) in [6.07, 6.45) is 0.0345. The Labute approximate surface area is 58.1 Å². The van der Waals surface area contributed by atoms with Gasteiger partial charge in [-0.1, -0.05) is 0 Å². The van der Waals surface area contributed by atoms with Crippen molar-refractivity contribution in [2.75, 3.05) is 6.54 Å². The Morgan fingerprint density at radius 3 is 2.20 bits per heavy atom. The maximum atomic E-state index is 10.7. The Morgan fingerprint density at radius 2 is 2.20 bits per heavy atom. The third-order valence-corrected chi connectivity index (χ3v) is 2.42. The highest BCUT2D eigenvalue weighted by Crippen LogP contribution is 2.21. The van der Waals surface area contributed by atoms with E-state index in [1.807, 2.05) is 0 Å². The van der Waals surface area contributed by atoms with Crippen molar-refractivity contribution in [3.05, 3.63) is 0 Å². The Hall–Kier alpha value is -0.210. The minimum Gasteiger partial charge on any atom is -0.826 e. The number of rotatable bonds is 1. The van der Waals surface area contributed by atoms with Crippen LogP contribution in [0.2, 0.25) is 0 Å². The van der Waals surface area contributed by atoms with Crippen LogP contribution in [0.15, 0.2) is 0 Å². The third-order valence-electron chi connectivity index (χ3n) is 1.37. The van der Waals surface area contributed by atoms with Crippen molar-refractivity contribution in [2.24, 2.45) is 5.73 Å². The first-order valence-corrected chi connectivity index (χ1v) is 3.98. The molecule has 60 valence electrons. The van der Waals surface area contributed by atoms with E-state index in [9.17, 15) is 13.5 Å². The summed E-state index contributed by atoms with van der Waals surface area (Å²) in [4.78, 5) is 0. The second kappa shape index (κ2) is 1.89. The van der Waals surface area contributed by atoms with Gasteiger partial charge in [-0.25, -0.2) is 0 Å². The van der Waals surface area contributed by atoms with Crippen molar-refractivity contribution in [3.63, 3.8) is 0 Å². The lowest BCUT2D eigenvalue weighted by Crippen LogP contribution is -2.75. The van der Waals surface area contributed by atoms with Crippen molar-refractivity contribution in [1.29, 1.82) is 0 Å². The predicted octanol–water partition coefficient (Wildman–Crippen LogP) is -2.53. The summed E-state index contributed by atoms with van der Waals surface area (Å²) in [6.45, 7) is -0.00116. The predicted molar refractivity (Wildman–Crippen MR) is 29.8 cm³/mol. The molecule has 10 heavy (non-hydrogen) atoms. The van der Waals surface area contributed by atoms with Crippen molar-refractivity contribution >= 4 is 10.3 Å². The van der Waals surface area contributed by atoms with Gasteiger partial charge in [-0.2, -0.15) is 12.7 Å². The van der Waals surface area contributed by atoms with Gasteiger partial charge in [0, 0.05) is 12.4 Å². The molecule has 3 N–H and O–H groups in total. The van der Waals surface area contributed by atoms with E-state index in [1.165, 1.54) is 0 Å². The van der Waals surface area contributed by atoms with Gasteiger partial charge in [0.1, 0.15) is 0 Å². The van der Waals surface area contributed by atoms with Gasteiger partial charge >= 0.3 is 10.3 Å². The largest absolute Gasteiger partial charge is 0.826 e. The molecule has 1 fully saturated rings. The summed E-state index contributed by atoms with van der Waals surface area (Å²) in [5.41, 5.74) is 4.88. The Morgan fingerprint density at radius 1 is 1.70 bits per heavy atom. The fraction of sp³-hybridized carbons (Fsp3) is 1.00. The summed E-state index contributed by atoms with van der Waals surface area (Å²) in [6, 6.07) is 0. The Kier molecular flexibility index (Phi) is 1.49. The molecule has 6 nitrogen and oxygen atoms in total. The van der Waals surface area contributed by atoms with E-state index in [-0.39, 0.29) is 13.0 Å². The lowest BCUT2D eigenvalue weighted by Gasteiger charge is -2.52. The molecule has 0 aromatic rings. The van der Waals surface area contributed by atoms with Crippen LogP contribution in [0.1, 0.15) is 6.42 Å². The highest BCUT2D eigenvalue weighted by molar-refractivity contribution is 7.83. The quantitative estimate of drug-likeness (QED) is 0.331. The molecule has 0 radical (unpaired) electrons. The summed E-state index contributed by atoms with van der Waals surface area (Å²) in [5, 5.41) is 10.7. The summed E-state index contributed by atoms with van der Waals surface area (Å²) in [5.74, 6) is -2.13. The molecule has 0 aromatic heterocycles. The first-order valence-electron chi connectivity index (χ1n) is 2.58. The van der Waals surface area contributed by atoms with Gasteiger partial charge in [-0.05, 0) is 6.42 Å². The summed E-state index contributed by atoms with van der Waals surface area (Å²) >= 11 is 0. The second-order valence-electron chi connectivity index (χ2n) is 2.14. The number of nitrogens with zero attached hydrogens (tertiary/aromatic N) is 1. The van der Waals surface area contributed by atoms with Crippen molar-refractivity contribution in [2.45, 2.75) is 12.3 Å². The van der Waals surface area contributed by atoms with Crippen LogP contribution in [0.4, 0.5) is 0 Å². The van der Waals surface area contributed by atoms with E-state index in [0.717, 1.165) is 0 Å². The molecule has 1 heterocycles. The highest BCUT2D eigenvalue weighted by atomic mass is 32.2. The monoisotopic (exact) mass is 167 g/mol. The molecular formula is C3H7N2O4S-. The molecule has 7 heteroatoms. The van der Waals surface area contributed by atoms with Crippen LogP contribution in [0.5, 0.6) is 0 Å². The van der Waals surface area contributed by atoms with E-state index >= 15 is 0 Å². The van der Waals surface area contributed by atoms with Gasteiger partial charge in [0.25, 0.3) is 0 Å². The molecule has 0 bridgehead atoms. The van der Waals surface area contributed by atoms with Crippen LogP contribution in [-0.2, 0) is 10.3 Å². The molecule has 1 saturated heterocycles. The number of nitrogens with two attached hydrogens (primary N) is 1. The molecule has 0 amide bonds. The fourth-order valence-electron chi connectivity index (χ4n) is 0.734. The molecule has 0 aliphatic carbocycles. The van der Waals surface area contributed by atoms with Gasteiger partial charge in [-0.15, -0.1) is 0 Å². The average molecular weight is 167 g/mol. The lowest BCUT2D eigenvalue weighted by atomic mass is 10.2. The maximum Gasteiger partial charge on any atom is 0.336 e. The van der Waals surface area contributed by atoms with E-state index < -0.39 is 16.2 Å². The van der Waals surface area contributed by atoms with Crippen LogP contribution in [0.25, 0.3) is 0 Å². The van der Waals surface area contributed by atoms with Gasteiger partial charge in [0.2, 0.25) is 0 Å². The Balaban J connectivity index is 2.80. The first-order chi connectivity index (χ1) is 4.34. The zero-order valence-electron chi connectivity index (χ0n) is 5.02. The second-order valence-corrected chi connectivity index (χ2v) is 3.48. The number of hydrogen-bond donors (Lipinski definition) is 2. The van der Waals surface area contributed by atoms with Gasteiger partial charge in [-0.3, -0.25) is 4.55 Å². The Bertz CT molecular complexity index is 233. The van der Waals surface area contributed by atoms with Crippen LogP contribution < -0.4 is 10.8 Å². The van der Waals surface area contributed by atoms with E-state index in [4.69, 9.17) is 10.3 Å². The topological polar surface area (TPSA) is 107 Å². The molecule has 1 aliphatic heterocycles. The molecule has 1 atom stereocenters. The molecule has 1 aliphatic rings. The van der Waals surface area contributed by atoms with E-state index in [2.05, 4.69) is 0 Å². The van der Waals surface area contributed by atoms with Crippen LogP contribution in [0.3, 0.4) is 0 Å². The zero-order valence-corrected chi connectivity index (χ0v) is 5.84. The third kappa shape index (κ3) is 1.13. The number of hydrogen-bond acceptors (Lipinski definition) is 4. The van der Waals surface area contributed by atoms with Crippen molar-refractivity contribution < 1.29 is 18.1 Å². The van der Waals surface area contributed by atoms with Crippen LogP contribution >= 0.6 is 0 Å². The molecule has 0 spiro atoms. The highest BCUT2D eigenvalue weighted by Gasteiger charge is 2.38. The molecule has 1 rings (SSSR count). The van der Waals surface area contributed by atoms with Crippen LogP contribution in [0, 0.1) is 0 Å². The molecule has 0 unspecified atom stereocenters.